The van der Waals surface area contributed by atoms with E-state index in [1.165, 1.54) is 76.6 Å². The van der Waals surface area contributed by atoms with E-state index < -0.39 is 0 Å². The van der Waals surface area contributed by atoms with Gasteiger partial charge in [0, 0.05) is 27.5 Å². The molecule has 2 nitrogen and oxygen atoms in total. The predicted octanol–water partition coefficient (Wildman–Crippen LogP) is 19.9. The van der Waals surface area contributed by atoms with Gasteiger partial charge in [-0.15, -0.1) is 0 Å². The number of hydrogen-bond acceptors (Lipinski definition) is 2. The average molecular weight is 953 g/mol. The highest BCUT2D eigenvalue weighted by molar-refractivity contribution is 6.26. The van der Waals surface area contributed by atoms with Crippen molar-refractivity contribution in [2.75, 3.05) is 0 Å². The summed E-state index contributed by atoms with van der Waals surface area (Å²) in [6, 6.07) is 98.9. The molecule has 0 saturated heterocycles. The topological polar surface area (TPSA) is 25.8 Å². The largest absolute Gasteiger partial charge is 0.248 e. The normalized spacial score (nSPS) is 11.5. The molecule has 75 heavy (non-hydrogen) atoms. The summed E-state index contributed by atoms with van der Waals surface area (Å²) >= 11 is 0. The van der Waals surface area contributed by atoms with E-state index in [-0.39, 0.29) is 0 Å². The summed E-state index contributed by atoms with van der Waals surface area (Å²) in [4.78, 5) is 10.9. The maximum atomic E-state index is 5.65. The summed E-state index contributed by atoms with van der Waals surface area (Å²) in [6.45, 7) is 2.25. The van der Waals surface area contributed by atoms with E-state index in [1.54, 1.807) is 0 Å². The molecule has 0 unspecified atom stereocenters. The smallest absolute Gasteiger partial charge is 0.0794 e. The molecule has 14 aromatic rings. The molecule has 2 heteroatoms. The lowest BCUT2D eigenvalue weighted by Crippen LogP contribution is -1.95. The van der Waals surface area contributed by atoms with Crippen LogP contribution in [0.1, 0.15) is 5.56 Å². The fourth-order valence-electron chi connectivity index (χ4n) is 11.5. The minimum Gasteiger partial charge on any atom is -0.248 e. The van der Waals surface area contributed by atoms with Crippen molar-refractivity contribution in [1.82, 2.24) is 9.97 Å². The van der Waals surface area contributed by atoms with Crippen LogP contribution in [0.4, 0.5) is 0 Å². The van der Waals surface area contributed by atoms with Gasteiger partial charge in [0.25, 0.3) is 0 Å². The summed E-state index contributed by atoms with van der Waals surface area (Å²) in [5.41, 5.74) is 20.0. The van der Waals surface area contributed by atoms with Gasteiger partial charge in [-0.05, 0) is 136 Å². The molecular formula is C73H48N2. The van der Waals surface area contributed by atoms with Crippen molar-refractivity contribution < 1.29 is 0 Å². The first kappa shape index (κ1) is 44.0. The second-order valence-corrected chi connectivity index (χ2v) is 19.6. The van der Waals surface area contributed by atoms with Gasteiger partial charge in [0.05, 0.1) is 22.6 Å². The molecule has 0 aliphatic carbocycles. The van der Waals surface area contributed by atoms with Gasteiger partial charge >= 0.3 is 0 Å². The van der Waals surface area contributed by atoms with Crippen molar-refractivity contribution in [3.05, 3.63) is 279 Å². The molecule has 0 bridgehead atoms. The molecule has 350 valence electrons. The molecule has 0 saturated carbocycles. The van der Waals surface area contributed by atoms with Gasteiger partial charge in [0.15, 0.2) is 0 Å². The molecule has 14 rings (SSSR count). The molecule has 0 aliphatic heterocycles. The van der Waals surface area contributed by atoms with Gasteiger partial charge in [-0.25, -0.2) is 9.97 Å². The van der Waals surface area contributed by atoms with Crippen LogP contribution in [0.25, 0.3) is 143 Å². The lowest BCUT2D eigenvalue weighted by Gasteiger charge is -2.18. The van der Waals surface area contributed by atoms with E-state index in [1.807, 2.05) is 0 Å². The minimum absolute atomic E-state index is 0.915. The first-order valence-corrected chi connectivity index (χ1v) is 25.8. The van der Waals surface area contributed by atoms with Crippen LogP contribution >= 0.6 is 0 Å². The SMILES string of the molecule is Cc1cc(-c2cc3c(-c4ccc5c6ccccc6c6ccccc6c5c4)cc(-c4ccc(-c5cc(-c6ccccc6)cc(-c6ccccc6)n5)cc4)nc3c3ccccc23)ccc1-c1ccccc1-c1ccccc1. The molecule has 12 aromatic carbocycles. The summed E-state index contributed by atoms with van der Waals surface area (Å²) in [6.07, 6.45) is 0. The monoisotopic (exact) mass is 952 g/mol. The molecule has 0 aliphatic rings. The Morgan fingerprint density at radius 1 is 0.200 bits per heavy atom. The first-order chi connectivity index (χ1) is 37.1. The quantitative estimate of drug-likeness (QED) is 0.142. The average Bonchev–Trinajstić information content (AvgIpc) is 3.49. The Kier molecular flexibility index (Phi) is 10.8. The lowest BCUT2D eigenvalue weighted by atomic mass is 9.87. The molecule has 0 atom stereocenters. The van der Waals surface area contributed by atoms with Crippen LogP contribution in [0.2, 0.25) is 0 Å². The number of nitrogens with zero attached hydrogens (tertiary/aromatic N) is 2. The van der Waals surface area contributed by atoms with Crippen LogP contribution in [-0.4, -0.2) is 9.97 Å². The Morgan fingerprint density at radius 3 is 1.24 bits per heavy atom. The standard InChI is InChI=1S/C73H48N2/c1-47-41-53(37-39-56(47)58-26-12-11-25-57(58)49-21-7-3-8-22-49)66-45-69-67(54-38-40-64-61-29-14-13-27-59(61)60-28-15-16-30-62(60)68(64)42-54)46-72(75-73(69)65-32-18-17-31-63(65)66)52-35-33-51(34-36-52)71-44-55(48-19-5-2-6-20-48)43-70(74-71)50-23-9-4-10-24-50/h2-46H,1H3. The second kappa shape index (κ2) is 18.4. The molecule has 0 spiro atoms. The number of fused-ring (bicyclic) bond motifs is 9. The van der Waals surface area contributed by atoms with E-state index >= 15 is 0 Å². The minimum atomic E-state index is 0.915. The van der Waals surface area contributed by atoms with Gasteiger partial charge in [0.2, 0.25) is 0 Å². The Morgan fingerprint density at radius 2 is 0.627 bits per heavy atom. The van der Waals surface area contributed by atoms with Crippen LogP contribution in [0, 0.1) is 6.92 Å². The zero-order valence-corrected chi connectivity index (χ0v) is 41.4. The first-order valence-electron chi connectivity index (χ1n) is 25.8. The van der Waals surface area contributed by atoms with Gasteiger partial charge in [-0.1, -0.05) is 243 Å². The zero-order valence-electron chi connectivity index (χ0n) is 41.4. The maximum absolute atomic E-state index is 5.65. The Labute approximate surface area is 436 Å². The van der Waals surface area contributed by atoms with E-state index in [2.05, 4.69) is 280 Å². The van der Waals surface area contributed by atoms with Gasteiger partial charge in [-0.2, -0.15) is 0 Å². The third kappa shape index (κ3) is 7.83. The molecule has 2 heterocycles. The Bertz CT molecular complexity index is 4410. The summed E-state index contributed by atoms with van der Waals surface area (Å²) in [7, 11) is 0. The third-order valence-electron chi connectivity index (χ3n) is 15.2. The highest BCUT2D eigenvalue weighted by Crippen LogP contribution is 2.44. The zero-order chi connectivity index (χ0) is 49.8. The van der Waals surface area contributed by atoms with Crippen LogP contribution in [-0.2, 0) is 0 Å². The van der Waals surface area contributed by atoms with Crippen LogP contribution in [0.3, 0.4) is 0 Å². The summed E-state index contributed by atoms with van der Waals surface area (Å²) < 4.78 is 0. The van der Waals surface area contributed by atoms with Gasteiger partial charge < -0.3 is 0 Å². The van der Waals surface area contributed by atoms with Crippen LogP contribution in [0.15, 0.2) is 273 Å². The van der Waals surface area contributed by atoms with Crippen molar-refractivity contribution >= 4 is 54.0 Å². The van der Waals surface area contributed by atoms with Gasteiger partial charge in [-0.3, -0.25) is 0 Å². The molecule has 0 amide bonds. The van der Waals surface area contributed by atoms with Crippen molar-refractivity contribution in [2.45, 2.75) is 6.92 Å². The van der Waals surface area contributed by atoms with Gasteiger partial charge in [0.1, 0.15) is 0 Å². The van der Waals surface area contributed by atoms with E-state index in [9.17, 15) is 0 Å². The van der Waals surface area contributed by atoms with Crippen molar-refractivity contribution in [2.24, 2.45) is 0 Å². The number of pyridine rings is 2. The Balaban J connectivity index is 0.959. The molecule has 2 aromatic heterocycles. The number of aromatic nitrogens is 2. The highest BCUT2D eigenvalue weighted by Gasteiger charge is 2.19. The molecule has 0 N–H and O–H groups in total. The number of aryl methyl sites for hydroxylation is 1. The third-order valence-corrected chi connectivity index (χ3v) is 15.2. The summed E-state index contributed by atoms with van der Waals surface area (Å²) in [5.74, 6) is 0. The molecular weight excluding hydrogens is 905 g/mol. The molecule has 0 radical (unpaired) electrons. The van der Waals surface area contributed by atoms with Crippen molar-refractivity contribution in [3.8, 4) is 89.4 Å². The Hall–Kier alpha value is -9.76. The van der Waals surface area contributed by atoms with Crippen molar-refractivity contribution in [1.29, 1.82) is 0 Å². The highest BCUT2D eigenvalue weighted by atomic mass is 14.7. The van der Waals surface area contributed by atoms with E-state index in [0.29, 0.717) is 0 Å². The summed E-state index contributed by atoms with van der Waals surface area (Å²) in [5, 5.41) is 10.9. The number of hydrogen-bond donors (Lipinski definition) is 0. The number of rotatable bonds is 8. The molecule has 0 fully saturated rings. The second-order valence-electron chi connectivity index (χ2n) is 19.6. The van der Waals surface area contributed by atoms with Crippen LogP contribution < -0.4 is 0 Å². The van der Waals surface area contributed by atoms with E-state index in [4.69, 9.17) is 9.97 Å². The van der Waals surface area contributed by atoms with Crippen molar-refractivity contribution in [3.63, 3.8) is 0 Å². The van der Waals surface area contributed by atoms with Crippen LogP contribution in [0.5, 0.6) is 0 Å². The number of benzene rings is 12. The predicted molar refractivity (Wildman–Crippen MR) is 318 cm³/mol. The van der Waals surface area contributed by atoms with E-state index in [0.717, 1.165) is 72.3 Å². The fraction of sp³-hybridized carbons (Fsp3) is 0.0137. The fourth-order valence-corrected chi connectivity index (χ4v) is 11.5. The maximum Gasteiger partial charge on any atom is 0.0794 e. The lowest BCUT2D eigenvalue weighted by molar-refractivity contribution is 1.32.